The molecular weight excluding hydrogens is 667 g/mol. The second-order valence-electron chi connectivity index (χ2n) is 14.2. The maximum absolute atomic E-state index is 9.67. The molecule has 2 aliphatic rings. The SMILES string of the molecule is N#Cc1ccc(-c2c3c(c(-c4ccc(C#N)cc4)c4ccccc24)-c2ccc4c5c(ccc-3c25)-c2ccc(N(c3ccccc3)c3ccccc3)cc2-4)cc1. The topological polar surface area (TPSA) is 50.8 Å². The predicted octanol–water partition coefficient (Wildman–Crippen LogP) is 13.8. The smallest absolute Gasteiger partial charge is 0.0991 e. The Morgan fingerprint density at radius 1 is 0.327 bits per heavy atom. The number of nitrogens with zero attached hydrogens (tertiary/aromatic N) is 3. The van der Waals surface area contributed by atoms with Crippen molar-refractivity contribution in [2.75, 3.05) is 4.90 Å². The fourth-order valence-electron chi connectivity index (χ4n) is 9.09. The highest BCUT2D eigenvalue weighted by Crippen LogP contribution is 2.61. The van der Waals surface area contributed by atoms with Crippen molar-refractivity contribution < 1.29 is 0 Å². The van der Waals surface area contributed by atoms with Crippen LogP contribution in [0, 0.1) is 22.7 Å². The van der Waals surface area contributed by atoms with Gasteiger partial charge in [0.15, 0.2) is 0 Å². The highest BCUT2D eigenvalue weighted by molar-refractivity contribution is 6.32. The second kappa shape index (κ2) is 11.9. The zero-order valence-electron chi connectivity index (χ0n) is 29.6. The molecule has 2 aliphatic carbocycles. The zero-order valence-corrected chi connectivity index (χ0v) is 29.6. The lowest BCUT2D eigenvalue weighted by molar-refractivity contribution is 1.28. The van der Waals surface area contributed by atoms with Crippen molar-refractivity contribution >= 4 is 38.6 Å². The van der Waals surface area contributed by atoms with E-state index in [4.69, 9.17) is 0 Å². The molecule has 0 bridgehead atoms. The molecule has 55 heavy (non-hydrogen) atoms. The van der Waals surface area contributed by atoms with Crippen LogP contribution < -0.4 is 4.90 Å². The molecule has 0 aromatic heterocycles. The summed E-state index contributed by atoms with van der Waals surface area (Å²) in [5.41, 5.74) is 18.9. The number of fused-ring (bicyclic) bond motifs is 7. The molecule has 0 atom stereocenters. The minimum Gasteiger partial charge on any atom is -0.310 e. The number of benzene rings is 9. The first kappa shape index (κ1) is 30.9. The molecule has 3 nitrogen and oxygen atoms in total. The summed E-state index contributed by atoms with van der Waals surface area (Å²) in [6, 6.07) is 66.6. The summed E-state index contributed by atoms with van der Waals surface area (Å²) in [7, 11) is 0. The lowest BCUT2D eigenvalue weighted by Gasteiger charge is -2.26. The van der Waals surface area contributed by atoms with Gasteiger partial charge in [-0.3, -0.25) is 0 Å². The minimum absolute atomic E-state index is 0.639. The van der Waals surface area contributed by atoms with Gasteiger partial charge in [-0.2, -0.15) is 10.5 Å². The van der Waals surface area contributed by atoms with Crippen molar-refractivity contribution in [1.29, 1.82) is 10.5 Å². The van der Waals surface area contributed by atoms with Crippen LogP contribution in [0.15, 0.2) is 176 Å². The second-order valence-corrected chi connectivity index (χ2v) is 14.2. The summed E-state index contributed by atoms with van der Waals surface area (Å²) in [4.78, 5) is 2.33. The Morgan fingerprint density at radius 3 is 1.24 bits per heavy atom. The maximum atomic E-state index is 9.67. The van der Waals surface area contributed by atoms with Crippen LogP contribution in [-0.2, 0) is 0 Å². The molecule has 0 unspecified atom stereocenters. The molecule has 0 radical (unpaired) electrons. The van der Waals surface area contributed by atoms with Crippen LogP contribution in [0.4, 0.5) is 17.1 Å². The van der Waals surface area contributed by atoms with Crippen LogP contribution in [0.1, 0.15) is 11.1 Å². The van der Waals surface area contributed by atoms with E-state index < -0.39 is 0 Å². The number of anilines is 3. The molecule has 9 aromatic rings. The summed E-state index contributed by atoms with van der Waals surface area (Å²) in [6.07, 6.45) is 0. The Morgan fingerprint density at radius 2 is 0.745 bits per heavy atom. The largest absolute Gasteiger partial charge is 0.310 e. The molecule has 0 aliphatic heterocycles. The van der Waals surface area contributed by atoms with E-state index in [0.29, 0.717) is 11.1 Å². The first-order chi connectivity index (χ1) is 27.2. The molecule has 3 heteroatoms. The van der Waals surface area contributed by atoms with Gasteiger partial charge in [-0.1, -0.05) is 115 Å². The molecular formula is C52H29N3. The van der Waals surface area contributed by atoms with Crippen molar-refractivity contribution in [3.63, 3.8) is 0 Å². The number of nitriles is 2. The lowest BCUT2D eigenvalue weighted by Crippen LogP contribution is -2.09. The van der Waals surface area contributed by atoms with E-state index >= 15 is 0 Å². The fraction of sp³-hybridized carbons (Fsp3) is 0. The molecule has 9 aromatic carbocycles. The number of hydrogen-bond donors (Lipinski definition) is 0. The van der Waals surface area contributed by atoms with Gasteiger partial charge in [-0.15, -0.1) is 0 Å². The zero-order chi connectivity index (χ0) is 36.6. The fourth-order valence-corrected chi connectivity index (χ4v) is 9.09. The third-order valence-corrected chi connectivity index (χ3v) is 11.4. The van der Waals surface area contributed by atoms with Gasteiger partial charge in [0.25, 0.3) is 0 Å². The monoisotopic (exact) mass is 695 g/mol. The van der Waals surface area contributed by atoms with Crippen LogP contribution in [0.3, 0.4) is 0 Å². The van der Waals surface area contributed by atoms with Crippen LogP contribution >= 0.6 is 0 Å². The third-order valence-electron chi connectivity index (χ3n) is 11.4. The quantitative estimate of drug-likeness (QED) is 0.180. The highest BCUT2D eigenvalue weighted by Gasteiger charge is 2.34. The Labute approximate surface area is 318 Å². The third kappa shape index (κ3) is 4.48. The van der Waals surface area contributed by atoms with Gasteiger partial charge in [0.2, 0.25) is 0 Å². The Hall–Kier alpha value is -7.72. The van der Waals surface area contributed by atoms with E-state index in [0.717, 1.165) is 39.0 Å². The van der Waals surface area contributed by atoms with Gasteiger partial charge >= 0.3 is 0 Å². The van der Waals surface area contributed by atoms with E-state index in [1.54, 1.807) is 0 Å². The van der Waals surface area contributed by atoms with Gasteiger partial charge in [0.1, 0.15) is 0 Å². The van der Waals surface area contributed by atoms with Crippen LogP contribution in [-0.4, -0.2) is 0 Å². The van der Waals surface area contributed by atoms with E-state index in [-0.39, 0.29) is 0 Å². The standard InChI is InChI=1S/C52H29N3/c53-30-32-15-19-34(20-16-32)47-40-13-7-8-14-41(40)48(35-21-17-33(31-54)18-22-35)52-45-28-26-43-46-29-38(55(36-9-3-1-4-10-36)37-11-5-2-6-12-37)23-24-39(46)42-25-27-44(51(47)52)50(45)49(42)43/h1-29H. The first-order valence-electron chi connectivity index (χ1n) is 18.5. The van der Waals surface area contributed by atoms with Gasteiger partial charge in [-0.25, -0.2) is 0 Å². The highest BCUT2D eigenvalue weighted by atomic mass is 15.1. The summed E-state index contributed by atoms with van der Waals surface area (Å²) in [5.74, 6) is 0. The number of hydrogen-bond acceptors (Lipinski definition) is 3. The van der Waals surface area contributed by atoms with E-state index in [2.05, 4.69) is 169 Å². The minimum atomic E-state index is 0.639. The molecule has 0 N–H and O–H groups in total. The van der Waals surface area contributed by atoms with E-state index in [1.807, 2.05) is 24.3 Å². The van der Waals surface area contributed by atoms with Gasteiger partial charge in [-0.05, 0) is 149 Å². The molecule has 0 fully saturated rings. The van der Waals surface area contributed by atoms with Crippen molar-refractivity contribution in [1.82, 2.24) is 0 Å². The molecule has 11 rings (SSSR count). The maximum Gasteiger partial charge on any atom is 0.0991 e. The van der Waals surface area contributed by atoms with Crippen LogP contribution in [0.25, 0.3) is 88.3 Å². The summed E-state index contributed by atoms with van der Waals surface area (Å²) in [6.45, 7) is 0. The Balaban J connectivity index is 1.19. The lowest BCUT2D eigenvalue weighted by atomic mass is 9.82. The van der Waals surface area contributed by atoms with E-state index in [9.17, 15) is 10.5 Å². The predicted molar refractivity (Wildman–Crippen MR) is 225 cm³/mol. The van der Waals surface area contributed by atoms with Crippen LogP contribution in [0.5, 0.6) is 0 Å². The summed E-state index contributed by atoms with van der Waals surface area (Å²) >= 11 is 0. The number of rotatable bonds is 5. The molecule has 252 valence electrons. The van der Waals surface area contributed by atoms with E-state index in [1.165, 1.54) is 66.4 Å². The molecule has 0 saturated heterocycles. The van der Waals surface area contributed by atoms with Crippen LogP contribution in [0.2, 0.25) is 0 Å². The molecule has 0 heterocycles. The van der Waals surface area contributed by atoms with Gasteiger partial charge < -0.3 is 4.90 Å². The summed E-state index contributed by atoms with van der Waals surface area (Å²) < 4.78 is 0. The van der Waals surface area contributed by atoms with Crippen molar-refractivity contribution in [2.24, 2.45) is 0 Å². The van der Waals surface area contributed by atoms with Crippen molar-refractivity contribution in [3.8, 4) is 78.9 Å². The molecule has 0 spiro atoms. The average molecular weight is 696 g/mol. The Kier molecular flexibility index (Phi) is 6.68. The molecule has 0 saturated carbocycles. The normalized spacial score (nSPS) is 11.6. The van der Waals surface area contributed by atoms with Gasteiger partial charge in [0.05, 0.1) is 23.3 Å². The van der Waals surface area contributed by atoms with Gasteiger partial charge in [0, 0.05) is 17.1 Å². The van der Waals surface area contributed by atoms with Crippen molar-refractivity contribution in [3.05, 3.63) is 187 Å². The average Bonchev–Trinajstić information content (AvgIpc) is 3.75. The van der Waals surface area contributed by atoms with Crippen molar-refractivity contribution in [2.45, 2.75) is 0 Å². The number of para-hydroxylation sites is 2. The summed E-state index contributed by atoms with van der Waals surface area (Å²) in [5, 5.41) is 24.2. The molecule has 0 amide bonds. The first-order valence-corrected chi connectivity index (χ1v) is 18.5. The Bertz CT molecular complexity index is 2980.